The number of amides is 1. The molecule has 21 heavy (non-hydrogen) atoms. The monoisotopic (exact) mass is 320 g/mol. The van der Waals surface area contributed by atoms with Crippen LogP contribution < -0.4 is 10.2 Å². The highest BCUT2D eigenvalue weighted by atomic mass is 35.5. The number of carbonyl (C=O) groups excluding carboxylic acids is 1. The first-order valence-corrected chi connectivity index (χ1v) is 7.08. The summed E-state index contributed by atoms with van der Waals surface area (Å²) < 4.78 is 36.6. The van der Waals surface area contributed by atoms with Gasteiger partial charge in [0, 0.05) is 18.8 Å². The topological polar surface area (TPSA) is 32.3 Å². The third-order valence-electron chi connectivity index (χ3n) is 3.59. The highest BCUT2D eigenvalue weighted by Gasteiger charge is 2.38. The Balaban J connectivity index is 2.09. The van der Waals surface area contributed by atoms with E-state index >= 15 is 0 Å². The summed E-state index contributed by atoms with van der Waals surface area (Å²) in [6, 6.07) is 4.42. The van der Waals surface area contributed by atoms with Gasteiger partial charge in [-0.2, -0.15) is 13.2 Å². The first kappa shape index (κ1) is 15.9. The Morgan fingerprint density at radius 3 is 2.48 bits per heavy atom. The van der Waals surface area contributed by atoms with Crippen LogP contribution in [-0.2, 0) is 4.79 Å². The van der Waals surface area contributed by atoms with Crippen LogP contribution >= 0.6 is 11.6 Å². The Hall–Kier alpha value is -1.43. The quantitative estimate of drug-likeness (QED) is 0.890. The minimum atomic E-state index is -4.91. The molecule has 1 amide bonds. The van der Waals surface area contributed by atoms with Crippen LogP contribution in [0.25, 0.3) is 0 Å². The largest absolute Gasteiger partial charge is 0.471 e. The van der Waals surface area contributed by atoms with Crippen molar-refractivity contribution in [2.24, 2.45) is 5.92 Å². The van der Waals surface area contributed by atoms with Gasteiger partial charge in [0.15, 0.2) is 0 Å². The van der Waals surface area contributed by atoms with E-state index in [4.69, 9.17) is 11.6 Å². The molecule has 0 radical (unpaired) electrons. The molecule has 0 aromatic heterocycles. The maximum absolute atomic E-state index is 12.2. The highest BCUT2D eigenvalue weighted by Crippen LogP contribution is 2.32. The Bertz CT molecular complexity index is 525. The van der Waals surface area contributed by atoms with Gasteiger partial charge in [-0.25, -0.2) is 0 Å². The lowest BCUT2D eigenvalue weighted by atomic mass is 9.99. The zero-order valence-electron chi connectivity index (χ0n) is 11.5. The molecule has 1 aliphatic rings. The fourth-order valence-corrected chi connectivity index (χ4v) is 2.59. The Morgan fingerprint density at radius 2 is 1.95 bits per heavy atom. The third kappa shape index (κ3) is 4.03. The molecule has 1 heterocycles. The van der Waals surface area contributed by atoms with E-state index in [0.717, 1.165) is 31.6 Å². The van der Waals surface area contributed by atoms with Gasteiger partial charge in [-0.3, -0.25) is 4.79 Å². The maximum Gasteiger partial charge on any atom is 0.471 e. The van der Waals surface area contributed by atoms with Crippen molar-refractivity contribution < 1.29 is 18.0 Å². The number of rotatable bonds is 2. The molecule has 0 spiro atoms. The second-order valence-electron chi connectivity index (χ2n) is 5.29. The van der Waals surface area contributed by atoms with Crippen LogP contribution in [0, 0.1) is 5.92 Å². The summed E-state index contributed by atoms with van der Waals surface area (Å²) in [7, 11) is 0. The van der Waals surface area contributed by atoms with E-state index in [1.807, 2.05) is 0 Å². The van der Waals surface area contributed by atoms with Crippen molar-refractivity contribution in [3.8, 4) is 0 Å². The summed E-state index contributed by atoms with van der Waals surface area (Å²) in [6.45, 7) is 3.93. The normalized spacial score (nSPS) is 16.9. The van der Waals surface area contributed by atoms with Crippen molar-refractivity contribution in [3.63, 3.8) is 0 Å². The average Bonchev–Trinajstić information content (AvgIpc) is 2.39. The van der Waals surface area contributed by atoms with Crippen LogP contribution in [0.5, 0.6) is 0 Å². The van der Waals surface area contributed by atoms with Crippen molar-refractivity contribution in [1.29, 1.82) is 0 Å². The molecule has 0 saturated carbocycles. The molecule has 1 fully saturated rings. The lowest BCUT2D eigenvalue weighted by Crippen LogP contribution is -2.33. The molecule has 0 aliphatic carbocycles. The molecule has 1 aromatic carbocycles. The number of benzene rings is 1. The lowest BCUT2D eigenvalue weighted by Gasteiger charge is -2.32. The number of anilines is 2. The minimum absolute atomic E-state index is 0.0384. The number of hydrogen-bond donors (Lipinski definition) is 1. The third-order valence-corrected chi connectivity index (χ3v) is 3.89. The van der Waals surface area contributed by atoms with Crippen molar-refractivity contribution in [1.82, 2.24) is 0 Å². The van der Waals surface area contributed by atoms with Crippen LogP contribution in [-0.4, -0.2) is 25.2 Å². The molecule has 0 unspecified atom stereocenters. The lowest BCUT2D eigenvalue weighted by molar-refractivity contribution is -0.167. The summed E-state index contributed by atoms with van der Waals surface area (Å²) in [5, 5.41) is 2.13. The zero-order chi connectivity index (χ0) is 15.6. The van der Waals surface area contributed by atoms with Gasteiger partial charge in [0.25, 0.3) is 0 Å². The average molecular weight is 321 g/mol. The smallest absolute Gasteiger partial charge is 0.370 e. The van der Waals surface area contributed by atoms with Gasteiger partial charge < -0.3 is 10.2 Å². The first-order valence-electron chi connectivity index (χ1n) is 6.70. The number of carbonyl (C=O) groups is 1. The molecule has 0 atom stereocenters. The summed E-state index contributed by atoms with van der Waals surface area (Å²) >= 11 is 6.12. The predicted octanol–water partition coefficient (Wildman–Crippen LogP) is 4.08. The van der Waals surface area contributed by atoms with Crippen LogP contribution in [0.3, 0.4) is 0 Å². The maximum atomic E-state index is 12.2. The predicted molar refractivity (Wildman–Crippen MR) is 76.7 cm³/mol. The molecule has 7 heteroatoms. The summed E-state index contributed by atoms with van der Waals surface area (Å²) in [4.78, 5) is 13.0. The highest BCUT2D eigenvalue weighted by molar-refractivity contribution is 6.33. The molecule has 1 saturated heterocycles. The van der Waals surface area contributed by atoms with E-state index in [1.54, 1.807) is 11.4 Å². The van der Waals surface area contributed by atoms with Gasteiger partial charge in [-0.15, -0.1) is 0 Å². The molecule has 1 aromatic rings. The number of hydrogen-bond acceptors (Lipinski definition) is 2. The zero-order valence-corrected chi connectivity index (χ0v) is 12.3. The van der Waals surface area contributed by atoms with Crippen molar-refractivity contribution in [3.05, 3.63) is 23.2 Å². The number of nitrogens with zero attached hydrogens (tertiary/aromatic N) is 1. The van der Waals surface area contributed by atoms with Crippen LogP contribution in [0.2, 0.25) is 5.02 Å². The number of alkyl halides is 3. The SMILES string of the molecule is CC1CCN(c2ccc(NC(=O)C(F)(F)F)cc2Cl)CC1. The Morgan fingerprint density at radius 1 is 1.33 bits per heavy atom. The summed E-state index contributed by atoms with van der Waals surface area (Å²) in [5.41, 5.74) is 0.824. The van der Waals surface area contributed by atoms with E-state index in [9.17, 15) is 18.0 Å². The van der Waals surface area contributed by atoms with Gasteiger partial charge in [0.05, 0.1) is 10.7 Å². The van der Waals surface area contributed by atoms with Gasteiger partial charge in [0.2, 0.25) is 0 Å². The van der Waals surface area contributed by atoms with Gasteiger partial charge in [0.1, 0.15) is 0 Å². The van der Waals surface area contributed by atoms with Crippen molar-refractivity contribution in [2.45, 2.75) is 25.9 Å². The second kappa shape index (κ2) is 6.13. The molecule has 116 valence electrons. The Labute approximate surface area is 126 Å². The van der Waals surface area contributed by atoms with Crippen molar-refractivity contribution >= 4 is 28.9 Å². The first-order chi connectivity index (χ1) is 9.77. The molecule has 1 aliphatic heterocycles. The number of halogens is 4. The van der Waals surface area contributed by atoms with E-state index in [1.165, 1.54) is 12.1 Å². The standard InChI is InChI=1S/C14H16ClF3N2O/c1-9-4-6-20(7-5-9)12-3-2-10(8-11(12)15)19-13(21)14(16,17)18/h2-3,8-9H,4-7H2,1H3,(H,19,21). The van der Waals surface area contributed by atoms with Gasteiger partial charge in [-0.05, 0) is 37.0 Å². The van der Waals surface area contributed by atoms with E-state index < -0.39 is 12.1 Å². The fraction of sp³-hybridized carbons (Fsp3) is 0.500. The number of nitrogens with one attached hydrogen (secondary N) is 1. The molecule has 0 bridgehead atoms. The van der Waals surface area contributed by atoms with E-state index in [0.29, 0.717) is 10.9 Å². The molecule has 1 N–H and O–H groups in total. The molecule has 3 nitrogen and oxygen atoms in total. The second-order valence-corrected chi connectivity index (χ2v) is 5.69. The fourth-order valence-electron chi connectivity index (χ4n) is 2.29. The van der Waals surface area contributed by atoms with Crippen LogP contribution in [0.1, 0.15) is 19.8 Å². The van der Waals surface area contributed by atoms with E-state index in [-0.39, 0.29) is 5.69 Å². The van der Waals surface area contributed by atoms with E-state index in [2.05, 4.69) is 11.8 Å². The van der Waals surface area contributed by atoms with Gasteiger partial charge >= 0.3 is 12.1 Å². The number of piperidine rings is 1. The summed E-state index contributed by atoms with van der Waals surface area (Å²) in [5.74, 6) is -1.33. The van der Waals surface area contributed by atoms with Crippen LogP contribution in [0.15, 0.2) is 18.2 Å². The van der Waals surface area contributed by atoms with Crippen molar-refractivity contribution in [2.75, 3.05) is 23.3 Å². The minimum Gasteiger partial charge on any atom is -0.370 e. The Kier molecular flexibility index (Phi) is 4.66. The molecular formula is C14H16ClF3N2O. The van der Waals surface area contributed by atoms with Gasteiger partial charge in [-0.1, -0.05) is 18.5 Å². The molecule has 2 rings (SSSR count). The summed E-state index contributed by atoms with van der Waals surface area (Å²) in [6.07, 6.45) is -2.79. The molecular weight excluding hydrogens is 305 g/mol. The van der Waals surface area contributed by atoms with Crippen LogP contribution in [0.4, 0.5) is 24.5 Å².